The van der Waals surface area contributed by atoms with Gasteiger partial charge in [-0.15, -0.1) is 0 Å². The predicted molar refractivity (Wildman–Crippen MR) is 78.8 cm³/mol. The van der Waals surface area contributed by atoms with Gasteiger partial charge in [-0.05, 0) is 50.5 Å². The first-order valence-corrected chi connectivity index (χ1v) is 7.92. The van der Waals surface area contributed by atoms with Crippen LogP contribution in [0.2, 0.25) is 0 Å². The Bertz CT molecular complexity index is 270. The van der Waals surface area contributed by atoms with E-state index in [-0.39, 0.29) is 0 Å². The second-order valence-electron chi connectivity index (χ2n) is 7.49. The van der Waals surface area contributed by atoms with Gasteiger partial charge >= 0.3 is 0 Å². The Morgan fingerprint density at radius 3 is 2.39 bits per heavy atom. The van der Waals surface area contributed by atoms with Gasteiger partial charge in [-0.1, -0.05) is 27.7 Å². The lowest BCUT2D eigenvalue weighted by atomic mass is 9.87. The molecule has 2 fully saturated rings. The predicted octanol–water partition coefficient (Wildman–Crippen LogP) is 3.13. The fourth-order valence-corrected chi connectivity index (χ4v) is 3.28. The van der Waals surface area contributed by atoms with E-state index < -0.39 is 0 Å². The van der Waals surface area contributed by atoms with Crippen molar-refractivity contribution in [2.24, 2.45) is 17.8 Å². The first-order chi connectivity index (χ1) is 8.43. The lowest BCUT2D eigenvalue weighted by molar-refractivity contribution is 0.0222. The summed E-state index contributed by atoms with van der Waals surface area (Å²) in [6.45, 7) is 15.6. The largest absolute Gasteiger partial charge is 0.311 e. The molecule has 0 bridgehead atoms. The lowest BCUT2D eigenvalue weighted by Gasteiger charge is -2.50. The van der Waals surface area contributed by atoms with Crippen molar-refractivity contribution in [3.8, 4) is 0 Å². The summed E-state index contributed by atoms with van der Waals surface area (Å²) in [5.74, 6) is 2.52. The number of nitrogens with one attached hydrogen (secondary N) is 1. The Labute approximate surface area is 114 Å². The van der Waals surface area contributed by atoms with Crippen LogP contribution in [-0.4, -0.2) is 36.1 Å². The summed E-state index contributed by atoms with van der Waals surface area (Å²) in [7, 11) is 0. The van der Waals surface area contributed by atoms with E-state index in [1.807, 2.05) is 0 Å². The quantitative estimate of drug-likeness (QED) is 0.809. The summed E-state index contributed by atoms with van der Waals surface area (Å²) >= 11 is 0. The van der Waals surface area contributed by atoms with Gasteiger partial charge in [-0.2, -0.15) is 0 Å². The summed E-state index contributed by atoms with van der Waals surface area (Å²) in [5, 5.41) is 3.81. The molecule has 1 saturated carbocycles. The minimum Gasteiger partial charge on any atom is -0.311 e. The summed E-state index contributed by atoms with van der Waals surface area (Å²) < 4.78 is 0. The number of hydrogen-bond donors (Lipinski definition) is 1. The van der Waals surface area contributed by atoms with Crippen molar-refractivity contribution in [2.45, 2.75) is 65.5 Å². The van der Waals surface area contributed by atoms with Crippen molar-refractivity contribution in [3.05, 3.63) is 0 Å². The molecule has 1 N–H and O–H groups in total. The molecule has 106 valence electrons. The van der Waals surface area contributed by atoms with Crippen LogP contribution in [0.1, 0.15) is 53.9 Å². The van der Waals surface area contributed by atoms with Crippen LogP contribution < -0.4 is 5.32 Å². The summed E-state index contributed by atoms with van der Waals surface area (Å²) in [6.07, 6.45) is 4.23. The SMILES string of the molecule is CC(C)CCN1CC(C(C)C)NCC1(C)C1CC1. The third-order valence-corrected chi connectivity index (χ3v) is 5.10. The minimum absolute atomic E-state index is 0.431. The van der Waals surface area contributed by atoms with Gasteiger partial charge in [0.1, 0.15) is 0 Å². The molecule has 1 aliphatic carbocycles. The highest BCUT2D eigenvalue weighted by atomic mass is 15.3. The van der Waals surface area contributed by atoms with Gasteiger partial charge in [-0.3, -0.25) is 4.90 Å². The first kappa shape index (κ1) is 14.3. The molecule has 0 radical (unpaired) electrons. The Kier molecular flexibility index (Phi) is 4.38. The van der Waals surface area contributed by atoms with Crippen molar-refractivity contribution in [2.75, 3.05) is 19.6 Å². The second-order valence-corrected chi connectivity index (χ2v) is 7.49. The van der Waals surface area contributed by atoms with Crippen molar-refractivity contribution >= 4 is 0 Å². The molecule has 1 aliphatic heterocycles. The van der Waals surface area contributed by atoms with Crippen LogP contribution in [0.3, 0.4) is 0 Å². The first-order valence-electron chi connectivity index (χ1n) is 7.92. The van der Waals surface area contributed by atoms with E-state index >= 15 is 0 Å². The van der Waals surface area contributed by atoms with E-state index in [2.05, 4.69) is 44.8 Å². The highest BCUT2D eigenvalue weighted by Gasteiger charge is 2.48. The fraction of sp³-hybridized carbons (Fsp3) is 1.00. The van der Waals surface area contributed by atoms with Crippen LogP contribution in [0, 0.1) is 17.8 Å². The highest BCUT2D eigenvalue weighted by molar-refractivity contribution is 5.05. The zero-order valence-electron chi connectivity index (χ0n) is 13.0. The van der Waals surface area contributed by atoms with Gasteiger partial charge in [0, 0.05) is 24.7 Å². The fourth-order valence-electron chi connectivity index (χ4n) is 3.28. The van der Waals surface area contributed by atoms with Crippen LogP contribution >= 0.6 is 0 Å². The molecule has 2 atom stereocenters. The van der Waals surface area contributed by atoms with Crippen molar-refractivity contribution in [3.63, 3.8) is 0 Å². The maximum atomic E-state index is 3.81. The van der Waals surface area contributed by atoms with Crippen LogP contribution in [0.5, 0.6) is 0 Å². The molecule has 0 spiro atoms. The molecular formula is C16H32N2. The van der Waals surface area contributed by atoms with Crippen LogP contribution in [-0.2, 0) is 0 Å². The monoisotopic (exact) mass is 252 g/mol. The smallest absolute Gasteiger partial charge is 0.0334 e. The number of hydrogen-bond acceptors (Lipinski definition) is 2. The van der Waals surface area contributed by atoms with Crippen molar-refractivity contribution in [1.29, 1.82) is 0 Å². The Balaban J connectivity index is 2.01. The zero-order valence-corrected chi connectivity index (χ0v) is 13.0. The van der Waals surface area contributed by atoms with E-state index in [0.29, 0.717) is 11.6 Å². The number of piperazine rings is 1. The Morgan fingerprint density at radius 2 is 1.89 bits per heavy atom. The average Bonchev–Trinajstić information content (AvgIpc) is 3.11. The standard InChI is InChI=1S/C16H32N2/c1-12(2)8-9-18-10-15(13(3)4)17-11-16(18,5)14-6-7-14/h12-15,17H,6-11H2,1-5H3. The average molecular weight is 252 g/mol. The molecule has 18 heavy (non-hydrogen) atoms. The van der Waals surface area contributed by atoms with E-state index in [4.69, 9.17) is 0 Å². The van der Waals surface area contributed by atoms with Crippen LogP contribution in [0.4, 0.5) is 0 Å². The molecule has 1 heterocycles. The summed E-state index contributed by atoms with van der Waals surface area (Å²) in [6, 6.07) is 0.684. The molecule has 2 heteroatoms. The molecule has 2 aliphatic rings. The molecular weight excluding hydrogens is 220 g/mol. The van der Waals surface area contributed by atoms with Gasteiger partial charge in [0.25, 0.3) is 0 Å². The van der Waals surface area contributed by atoms with Crippen LogP contribution in [0.15, 0.2) is 0 Å². The maximum absolute atomic E-state index is 3.81. The van der Waals surface area contributed by atoms with Gasteiger partial charge in [0.2, 0.25) is 0 Å². The van der Waals surface area contributed by atoms with E-state index in [1.54, 1.807) is 0 Å². The Hall–Kier alpha value is -0.0800. The lowest BCUT2D eigenvalue weighted by Crippen LogP contribution is -2.65. The molecule has 2 rings (SSSR count). The molecule has 0 aromatic heterocycles. The van der Waals surface area contributed by atoms with Crippen LogP contribution in [0.25, 0.3) is 0 Å². The van der Waals surface area contributed by atoms with E-state index in [1.165, 1.54) is 38.9 Å². The summed E-state index contributed by atoms with van der Waals surface area (Å²) in [4.78, 5) is 2.81. The van der Waals surface area contributed by atoms with Crippen molar-refractivity contribution < 1.29 is 0 Å². The third kappa shape index (κ3) is 3.08. The van der Waals surface area contributed by atoms with Gasteiger partial charge < -0.3 is 5.32 Å². The molecule has 0 aromatic rings. The maximum Gasteiger partial charge on any atom is 0.0334 e. The van der Waals surface area contributed by atoms with E-state index in [0.717, 1.165) is 17.8 Å². The normalized spacial score (nSPS) is 34.5. The molecule has 2 nitrogen and oxygen atoms in total. The number of nitrogens with zero attached hydrogens (tertiary/aromatic N) is 1. The molecule has 0 amide bonds. The van der Waals surface area contributed by atoms with E-state index in [9.17, 15) is 0 Å². The minimum atomic E-state index is 0.431. The molecule has 0 aromatic carbocycles. The zero-order chi connectivity index (χ0) is 13.3. The van der Waals surface area contributed by atoms with Crippen molar-refractivity contribution in [1.82, 2.24) is 10.2 Å². The molecule has 1 saturated heterocycles. The third-order valence-electron chi connectivity index (χ3n) is 5.10. The van der Waals surface area contributed by atoms with Gasteiger partial charge in [0.05, 0.1) is 0 Å². The van der Waals surface area contributed by atoms with Gasteiger partial charge in [0.15, 0.2) is 0 Å². The topological polar surface area (TPSA) is 15.3 Å². The molecule has 2 unspecified atom stereocenters. The number of rotatable bonds is 5. The summed E-state index contributed by atoms with van der Waals surface area (Å²) in [5.41, 5.74) is 0.431. The second kappa shape index (κ2) is 5.50. The van der Waals surface area contributed by atoms with Gasteiger partial charge in [-0.25, -0.2) is 0 Å². The highest BCUT2D eigenvalue weighted by Crippen LogP contribution is 2.44. The Morgan fingerprint density at radius 1 is 1.22 bits per heavy atom.